The molecule has 1 amide bonds. The fourth-order valence-electron chi connectivity index (χ4n) is 6.16. The number of amides is 1. The smallest absolute Gasteiger partial charge is 0.270 e. The van der Waals surface area contributed by atoms with E-state index in [1.165, 1.54) is 17.3 Å². The molecule has 0 radical (unpaired) electrons. The highest BCUT2D eigenvalue weighted by atomic mass is 32.2. The third-order valence-electron chi connectivity index (χ3n) is 8.23. The number of thiocarbonyl (C=S) groups is 1. The van der Waals surface area contributed by atoms with Gasteiger partial charge in [-0.05, 0) is 69.1 Å². The van der Waals surface area contributed by atoms with Crippen LogP contribution in [-0.4, -0.2) is 38.8 Å². The monoisotopic (exact) mass is 546 g/mol. The number of carbonyl (C=O) groups is 1. The summed E-state index contributed by atoms with van der Waals surface area (Å²) in [5, 5.41) is 9.86. The Morgan fingerprint density at radius 3 is 2.42 bits per heavy atom. The molecule has 5 rings (SSSR count). The van der Waals surface area contributed by atoms with Gasteiger partial charge in [0.2, 0.25) is 0 Å². The van der Waals surface area contributed by atoms with Crippen molar-refractivity contribution in [1.82, 2.24) is 9.47 Å². The minimum atomic E-state index is -0.260. The van der Waals surface area contributed by atoms with E-state index in [2.05, 4.69) is 35.2 Å². The molecule has 8 heteroatoms. The van der Waals surface area contributed by atoms with E-state index in [4.69, 9.17) is 12.2 Å². The van der Waals surface area contributed by atoms with Crippen molar-refractivity contribution in [2.24, 2.45) is 5.92 Å². The SMILES string of the molecule is CCn1c(N2CCC(Cc3ccccc3)CC2)c(/C=C2\SC(=S)N(C3CCCC3)C2=O)c(C)c(C#N)c1=O. The summed E-state index contributed by atoms with van der Waals surface area (Å²) in [6.07, 6.45) is 9.21. The van der Waals surface area contributed by atoms with Gasteiger partial charge in [-0.3, -0.25) is 19.1 Å². The van der Waals surface area contributed by atoms with Crippen LogP contribution in [0.4, 0.5) is 5.82 Å². The van der Waals surface area contributed by atoms with Gasteiger partial charge in [-0.25, -0.2) is 0 Å². The molecule has 2 aliphatic heterocycles. The summed E-state index contributed by atoms with van der Waals surface area (Å²) in [6.45, 7) is 5.87. The van der Waals surface area contributed by atoms with Crippen LogP contribution in [0, 0.1) is 24.2 Å². The van der Waals surface area contributed by atoms with Gasteiger partial charge >= 0.3 is 0 Å². The Hall–Kier alpha value is -2.89. The van der Waals surface area contributed by atoms with Crippen molar-refractivity contribution in [2.45, 2.75) is 71.4 Å². The van der Waals surface area contributed by atoms with Gasteiger partial charge in [-0.2, -0.15) is 5.26 Å². The number of piperidine rings is 1. The number of nitrogens with zero attached hydrogens (tertiary/aromatic N) is 4. The Balaban J connectivity index is 1.49. The third-order valence-corrected chi connectivity index (χ3v) is 9.56. The van der Waals surface area contributed by atoms with Gasteiger partial charge in [-0.1, -0.05) is 67.2 Å². The van der Waals surface area contributed by atoms with Gasteiger partial charge in [0.05, 0.1) is 4.91 Å². The minimum Gasteiger partial charge on any atom is -0.357 e. The molecule has 3 aliphatic rings. The summed E-state index contributed by atoms with van der Waals surface area (Å²) in [4.78, 5) is 31.5. The van der Waals surface area contributed by atoms with Crippen molar-refractivity contribution in [3.63, 3.8) is 0 Å². The van der Waals surface area contributed by atoms with Crippen LogP contribution in [0.2, 0.25) is 0 Å². The van der Waals surface area contributed by atoms with Gasteiger partial charge in [0.15, 0.2) is 0 Å². The maximum atomic E-state index is 13.5. The lowest BCUT2D eigenvalue weighted by Gasteiger charge is -2.36. The first-order chi connectivity index (χ1) is 18.4. The third kappa shape index (κ3) is 5.06. The van der Waals surface area contributed by atoms with Gasteiger partial charge in [0.1, 0.15) is 21.8 Å². The fourth-order valence-corrected chi connectivity index (χ4v) is 7.54. The zero-order valence-corrected chi connectivity index (χ0v) is 23.7. The van der Waals surface area contributed by atoms with Gasteiger partial charge < -0.3 is 4.90 Å². The summed E-state index contributed by atoms with van der Waals surface area (Å²) < 4.78 is 2.32. The second-order valence-corrected chi connectivity index (χ2v) is 12.2. The second kappa shape index (κ2) is 11.5. The largest absolute Gasteiger partial charge is 0.357 e. The molecule has 38 heavy (non-hydrogen) atoms. The molecule has 0 spiro atoms. The first-order valence-electron chi connectivity index (χ1n) is 13.7. The zero-order valence-electron chi connectivity index (χ0n) is 22.1. The number of hydrogen-bond acceptors (Lipinski definition) is 6. The first kappa shape index (κ1) is 26.7. The van der Waals surface area contributed by atoms with Crippen LogP contribution in [0.1, 0.15) is 67.7 Å². The highest BCUT2D eigenvalue weighted by Gasteiger charge is 2.38. The number of anilines is 1. The number of nitriles is 1. The van der Waals surface area contributed by atoms with Gasteiger partial charge in [0, 0.05) is 31.2 Å². The van der Waals surface area contributed by atoms with Crippen LogP contribution in [0.3, 0.4) is 0 Å². The quantitative estimate of drug-likeness (QED) is 0.344. The molecule has 1 saturated carbocycles. The maximum absolute atomic E-state index is 13.5. The second-order valence-electron chi connectivity index (χ2n) is 10.5. The molecule has 3 heterocycles. The van der Waals surface area contributed by atoms with Crippen molar-refractivity contribution >= 4 is 46.1 Å². The molecule has 6 nitrogen and oxygen atoms in total. The average Bonchev–Trinajstić information content (AvgIpc) is 3.54. The topological polar surface area (TPSA) is 69.3 Å². The molecule has 0 bridgehead atoms. The van der Waals surface area contributed by atoms with E-state index in [0.717, 1.165) is 69.4 Å². The van der Waals surface area contributed by atoms with Crippen LogP contribution in [0.5, 0.6) is 0 Å². The molecule has 3 fully saturated rings. The predicted molar refractivity (Wildman–Crippen MR) is 158 cm³/mol. The van der Waals surface area contributed by atoms with Crippen molar-refractivity contribution in [1.29, 1.82) is 5.26 Å². The van der Waals surface area contributed by atoms with Crippen molar-refractivity contribution in [3.8, 4) is 6.07 Å². The van der Waals surface area contributed by atoms with Crippen LogP contribution in [-0.2, 0) is 17.8 Å². The van der Waals surface area contributed by atoms with Crippen molar-refractivity contribution in [3.05, 3.63) is 67.8 Å². The number of benzene rings is 1. The normalized spacial score (nSPS) is 20.1. The first-order valence-corrected chi connectivity index (χ1v) is 14.9. The van der Waals surface area contributed by atoms with E-state index in [9.17, 15) is 14.9 Å². The number of aromatic nitrogens is 1. The van der Waals surface area contributed by atoms with E-state index in [-0.39, 0.29) is 23.1 Å². The summed E-state index contributed by atoms with van der Waals surface area (Å²) in [5.74, 6) is 1.35. The van der Waals surface area contributed by atoms with E-state index in [1.807, 2.05) is 26.0 Å². The fraction of sp³-hybridized carbons (Fsp3) is 0.467. The Morgan fingerprint density at radius 1 is 1.11 bits per heavy atom. The van der Waals surface area contributed by atoms with Crippen molar-refractivity contribution < 1.29 is 4.79 Å². The lowest BCUT2D eigenvalue weighted by molar-refractivity contribution is -0.123. The highest BCUT2D eigenvalue weighted by molar-refractivity contribution is 8.26. The van der Waals surface area contributed by atoms with Gasteiger partial charge in [0.25, 0.3) is 11.5 Å². The molecular formula is C30H34N4O2S2. The Bertz CT molecular complexity index is 1360. The summed E-state index contributed by atoms with van der Waals surface area (Å²) >= 11 is 6.97. The molecule has 0 atom stereocenters. The molecule has 2 aromatic rings. The number of rotatable bonds is 6. The zero-order chi connectivity index (χ0) is 26.8. The Labute approximate surface area is 234 Å². The molecular weight excluding hydrogens is 512 g/mol. The average molecular weight is 547 g/mol. The summed E-state index contributed by atoms with van der Waals surface area (Å²) in [6, 6.07) is 12.9. The predicted octanol–water partition coefficient (Wildman–Crippen LogP) is 5.65. The molecule has 0 N–H and O–H groups in total. The Morgan fingerprint density at radius 2 is 1.79 bits per heavy atom. The van der Waals surface area contributed by atoms with Crippen LogP contribution in [0.25, 0.3) is 6.08 Å². The van der Waals surface area contributed by atoms with E-state index >= 15 is 0 Å². The lowest BCUT2D eigenvalue weighted by atomic mass is 9.90. The van der Waals surface area contributed by atoms with Crippen LogP contribution >= 0.6 is 24.0 Å². The summed E-state index contributed by atoms with van der Waals surface area (Å²) in [7, 11) is 0. The van der Waals surface area contributed by atoms with E-state index in [0.29, 0.717) is 27.3 Å². The maximum Gasteiger partial charge on any atom is 0.270 e. The molecule has 1 aliphatic carbocycles. The number of pyridine rings is 1. The van der Waals surface area contributed by atoms with Crippen molar-refractivity contribution in [2.75, 3.05) is 18.0 Å². The molecule has 0 unspecified atom stereocenters. The number of thioether (sulfide) groups is 1. The Kier molecular flexibility index (Phi) is 8.06. The van der Waals surface area contributed by atoms with Crippen LogP contribution in [0.15, 0.2) is 40.0 Å². The van der Waals surface area contributed by atoms with E-state index < -0.39 is 0 Å². The molecule has 198 valence electrons. The lowest BCUT2D eigenvalue weighted by Crippen LogP contribution is -2.39. The molecule has 1 aromatic carbocycles. The van der Waals surface area contributed by atoms with E-state index in [1.54, 1.807) is 9.47 Å². The minimum absolute atomic E-state index is 0.0495. The van der Waals surface area contributed by atoms with Crippen LogP contribution < -0.4 is 10.5 Å². The summed E-state index contributed by atoms with van der Waals surface area (Å²) in [5.41, 5.74) is 2.67. The highest BCUT2D eigenvalue weighted by Crippen LogP contribution is 2.40. The molecule has 1 aromatic heterocycles. The number of hydrogen-bond donors (Lipinski definition) is 0. The number of carbonyl (C=O) groups excluding carboxylic acids is 1. The standard InChI is InChI=1S/C30H34N4O2S2/c1-3-33-27(32-15-13-22(14-16-32)17-21-9-5-4-6-10-21)24(20(2)25(19-31)28(33)35)18-26-29(36)34(30(37)38-26)23-11-7-8-12-23/h4-6,9-10,18,22-23H,3,7-8,11-17H2,1-2H3/b26-18-. The van der Waals surface area contributed by atoms with Gasteiger partial charge in [-0.15, -0.1) is 0 Å². The molecule has 2 saturated heterocycles.